The van der Waals surface area contributed by atoms with Crippen LogP contribution >= 0.6 is 0 Å². The van der Waals surface area contributed by atoms with Gasteiger partial charge in [0.1, 0.15) is 0 Å². The summed E-state index contributed by atoms with van der Waals surface area (Å²) in [6, 6.07) is 1.59. The van der Waals surface area contributed by atoms with Gasteiger partial charge in [0.2, 0.25) is 0 Å². The fourth-order valence-corrected chi connectivity index (χ4v) is 2.01. The minimum atomic E-state index is 0.0182. The molecular formula is C12H18N2O2. The maximum Gasteiger partial charge on any atom is 0.250 e. The summed E-state index contributed by atoms with van der Waals surface area (Å²) in [7, 11) is 0. The lowest BCUT2D eigenvalue weighted by Crippen LogP contribution is -2.22. The summed E-state index contributed by atoms with van der Waals surface area (Å²) in [4.78, 5) is 11.7. The second-order valence-corrected chi connectivity index (χ2v) is 4.37. The van der Waals surface area contributed by atoms with Crippen LogP contribution in [0.15, 0.2) is 17.1 Å². The standard InChI is InChI=1S/C12H18N2O2/c1-9-7-12(15)14(8-11(9)13)5-4-10-3-2-6-16-10/h7-8,10H,2-6,13H2,1H3. The monoisotopic (exact) mass is 222 g/mol. The fraction of sp³-hybridized carbons (Fsp3) is 0.583. The predicted octanol–water partition coefficient (Wildman–Crippen LogP) is 1.31. The Hall–Kier alpha value is -1.29. The van der Waals surface area contributed by atoms with E-state index in [1.165, 1.54) is 0 Å². The van der Waals surface area contributed by atoms with E-state index < -0.39 is 0 Å². The third-order valence-corrected chi connectivity index (χ3v) is 3.09. The Balaban J connectivity index is 2.03. The number of hydrogen-bond acceptors (Lipinski definition) is 3. The van der Waals surface area contributed by atoms with E-state index in [4.69, 9.17) is 10.5 Å². The zero-order valence-corrected chi connectivity index (χ0v) is 9.61. The molecule has 0 spiro atoms. The molecule has 1 aliphatic rings. The summed E-state index contributed by atoms with van der Waals surface area (Å²) in [6.45, 7) is 3.39. The van der Waals surface area contributed by atoms with E-state index in [1.807, 2.05) is 6.92 Å². The van der Waals surface area contributed by atoms with Crippen LogP contribution in [0.25, 0.3) is 0 Å². The lowest BCUT2D eigenvalue weighted by atomic mass is 10.2. The number of nitrogens with zero attached hydrogens (tertiary/aromatic N) is 1. The third kappa shape index (κ3) is 2.44. The van der Waals surface area contributed by atoms with Crippen LogP contribution in [-0.4, -0.2) is 17.3 Å². The molecule has 1 saturated heterocycles. The molecule has 88 valence electrons. The van der Waals surface area contributed by atoms with Gasteiger partial charge in [0.25, 0.3) is 5.56 Å². The average Bonchev–Trinajstić information content (AvgIpc) is 2.74. The van der Waals surface area contributed by atoms with Crippen molar-refractivity contribution in [2.24, 2.45) is 0 Å². The van der Waals surface area contributed by atoms with Crippen LogP contribution in [-0.2, 0) is 11.3 Å². The van der Waals surface area contributed by atoms with Gasteiger partial charge >= 0.3 is 0 Å². The van der Waals surface area contributed by atoms with Gasteiger partial charge in [-0.1, -0.05) is 0 Å². The minimum absolute atomic E-state index is 0.0182. The van der Waals surface area contributed by atoms with Crippen molar-refractivity contribution in [1.82, 2.24) is 4.57 Å². The Morgan fingerprint density at radius 2 is 2.44 bits per heavy atom. The molecule has 0 amide bonds. The van der Waals surface area contributed by atoms with E-state index in [2.05, 4.69) is 0 Å². The molecule has 4 heteroatoms. The largest absolute Gasteiger partial charge is 0.397 e. The van der Waals surface area contributed by atoms with E-state index in [-0.39, 0.29) is 5.56 Å². The van der Waals surface area contributed by atoms with E-state index in [0.717, 1.165) is 31.4 Å². The van der Waals surface area contributed by atoms with Crippen molar-refractivity contribution >= 4 is 5.69 Å². The highest BCUT2D eigenvalue weighted by Gasteiger charge is 2.15. The number of nitrogen functional groups attached to an aromatic ring is 1. The SMILES string of the molecule is Cc1cc(=O)n(CCC2CCCO2)cc1N. The number of pyridine rings is 1. The van der Waals surface area contributed by atoms with Gasteiger partial charge in [-0.05, 0) is 31.7 Å². The Labute approximate surface area is 95.0 Å². The van der Waals surface area contributed by atoms with Crippen LogP contribution in [0.3, 0.4) is 0 Å². The van der Waals surface area contributed by atoms with E-state index in [9.17, 15) is 4.79 Å². The zero-order valence-electron chi connectivity index (χ0n) is 9.61. The summed E-state index contributed by atoms with van der Waals surface area (Å²) < 4.78 is 7.19. The smallest absolute Gasteiger partial charge is 0.250 e. The average molecular weight is 222 g/mol. The number of aryl methyl sites for hydroxylation is 2. The molecular weight excluding hydrogens is 204 g/mol. The van der Waals surface area contributed by atoms with Crippen molar-refractivity contribution in [2.45, 2.75) is 38.8 Å². The first-order chi connectivity index (χ1) is 7.66. The summed E-state index contributed by atoms with van der Waals surface area (Å²) in [5, 5.41) is 0. The molecule has 0 aliphatic carbocycles. The summed E-state index contributed by atoms with van der Waals surface area (Å²) in [6.07, 6.45) is 5.18. The van der Waals surface area contributed by atoms with Crippen LogP contribution in [0.4, 0.5) is 5.69 Å². The molecule has 2 rings (SSSR count). The molecule has 0 bridgehead atoms. The Morgan fingerprint density at radius 1 is 1.62 bits per heavy atom. The van der Waals surface area contributed by atoms with Gasteiger partial charge in [-0.3, -0.25) is 4.79 Å². The molecule has 1 unspecified atom stereocenters. The van der Waals surface area contributed by atoms with Crippen molar-refractivity contribution in [3.63, 3.8) is 0 Å². The van der Waals surface area contributed by atoms with Gasteiger partial charge in [0.05, 0.1) is 11.8 Å². The highest BCUT2D eigenvalue weighted by molar-refractivity contribution is 5.42. The highest BCUT2D eigenvalue weighted by Crippen LogP contribution is 2.16. The normalized spacial score (nSPS) is 20.2. The molecule has 0 radical (unpaired) electrons. The highest BCUT2D eigenvalue weighted by atomic mass is 16.5. The summed E-state index contributed by atoms with van der Waals surface area (Å²) >= 11 is 0. The predicted molar refractivity (Wildman–Crippen MR) is 63.4 cm³/mol. The van der Waals surface area contributed by atoms with Gasteiger partial charge in [-0.15, -0.1) is 0 Å². The van der Waals surface area contributed by atoms with E-state index in [0.29, 0.717) is 18.3 Å². The van der Waals surface area contributed by atoms with Crippen LogP contribution in [0.5, 0.6) is 0 Å². The summed E-state index contributed by atoms with van der Waals surface area (Å²) in [5.41, 5.74) is 7.32. The van der Waals surface area contributed by atoms with E-state index >= 15 is 0 Å². The quantitative estimate of drug-likeness (QED) is 0.838. The second-order valence-electron chi connectivity index (χ2n) is 4.37. The van der Waals surface area contributed by atoms with Gasteiger partial charge in [-0.2, -0.15) is 0 Å². The molecule has 1 fully saturated rings. The number of aromatic nitrogens is 1. The first-order valence-corrected chi connectivity index (χ1v) is 5.75. The van der Waals surface area contributed by atoms with Crippen LogP contribution < -0.4 is 11.3 Å². The van der Waals surface area contributed by atoms with Gasteiger partial charge in [0, 0.05) is 25.4 Å². The van der Waals surface area contributed by atoms with Crippen LogP contribution in [0.1, 0.15) is 24.8 Å². The molecule has 1 atom stereocenters. The fourth-order valence-electron chi connectivity index (χ4n) is 2.01. The molecule has 4 nitrogen and oxygen atoms in total. The van der Waals surface area contributed by atoms with Gasteiger partial charge in [0.15, 0.2) is 0 Å². The number of anilines is 1. The number of nitrogens with two attached hydrogens (primary N) is 1. The molecule has 16 heavy (non-hydrogen) atoms. The molecule has 0 saturated carbocycles. The lowest BCUT2D eigenvalue weighted by Gasteiger charge is -2.11. The second kappa shape index (κ2) is 4.70. The maximum atomic E-state index is 11.7. The molecule has 0 aromatic carbocycles. The van der Waals surface area contributed by atoms with Gasteiger partial charge in [-0.25, -0.2) is 0 Å². The summed E-state index contributed by atoms with van der Waals surface area (Å²) in [5.74, 6) is 0. The van der Waals surface area contributed by atoms with E-state index in [1.54, 1.807) is 16.8 Å². The van der Waals surface area contributed by atoms with Crippen molar-refractivity contribution in [2.75, 3.05) is 12.3 Å². The van der Waals surface area contributed by atoms with Crippen molar-refractivity contribution < 1.29 is 4.74 Å². The molecule has 2 N–H and O–H groups in total. The molecule has 1 aliphatic heterocycles. The van der Waals surface area contributed by atoms with Crippen LogP contribution in [0.2, 0.25) is 0 Å². The zero-order chi connectivity index (χ0) is 11.5. The topological polar surface area (TPSA) is 57.2 Å². The molecule has 1 aromatic heterocycles. The van der Waals surface area contributed by atoms with Gasteiger partial charge < -0.3 is 15.0 Å². The number of ether oxygens (including phenoxy) is 1. The first kappa shape index (κ1) is 11.2. The van der Waals surface area contributed by atoms with Crippen molar-refractivity contribution in [3.05, 3.63) is 28.2 Å². The minimum Gasteiger partial charge on any atom is -0.397 e. The van der Waals surface area contributed by atoms with Crippen LogP contribution in [0, 0.1) is 6.92 Å². The molecule has 2 heterocycles. The number of hydrogen-bond donors (Lipinski definition) is 1. The van der Waals surface area contributed by atoms with Crippen molar-refractivity contribution in [1.29, 1.82) is 0 Å². The Kier molecular flexibility index (Phi) is 3.29. The molecule has 1 aromatic rings. The third-order valence-electron chi connectivity index (χ3n) is 3.09. The maximum absolute atomic E-state index is 11.7. The van der Waals surface area contributed by atoms with Crippen molar-refractivity contribution in [3.8, 4) is 0 Å². The first-order valence-electron chi connectivity index (χ1n) is 5.75. The Bertz CT molecular complexity index is 420. The lowest BCUT2D eigenvalue weighted by molar-refractivity contribution is 0.100. The number of rotatable bonds is 3. The Morgan fingerprint density at radius 3 is 3.12 bits per heavy atom.